The molecule has 0 bridgehead atoms. The van der Waals surface area contributed by atoms with Crippen LogP contribution in [0.2, 0.25) is 0 Å². The monoisotopic (exact) mass is 238 g/mol. The lowest BCUT2D eigenvalue weighted by molar-refractivity contribution is -0.0188. The Morgan fingerprint density at radius 3 is 2.80 bits per heavy atom. The van der Waals surface area contributed by atoms with Gasteiger partial charge in [0.25, 0.3) is 0 Å². The van der Waals surface area contributed by atoms with Crippen molar-refractivity contribution >= 4 is 32.3 Å². The van der Waals surface area contributed by atoms with Gasteiger partial charge in [-0.2, -0.15) is 4.79 Å². The molecular weight excluding hydrogens is 232 g/mol. The van der Waals surface area contributed by atoms with Crippen LogP contribution in [0.3, 0.4) is 0 Å². The van der Waals surface area contributed by atoms with Gasteiger partial charge in [0, 0.05) is 16.5 Å². The molecule has 1 aromatic rings. The van der Waals surface area contributed by atoms with E-state index in [0.29, 0.717) is 5.56 Å². The third-order valence-electron chi connectivity index (χ3n) is 2.28. The quantitative estimate of drug-likeness (QED) is 0.604. The first-order valence-corrected chi connectivity index (χ1v) is 5.91. The van der Waals surface area contributed by atoms with Crippen LogP contribution >= 0.6 is 21.7 Å². The van der Waals surface area contributed by atoms with E-state index in [1.807, 2.05) is 18.2 Å². The van der Waals surface area contributed by atoms with Crippen LogP contribution in [0.4, 0.5) is 0 Å². The molecule has 76 valence electrons. The highest BCUT2D eigenvalue weighted by Gasteiger charge is 2.29. The van der Waals surface area contributed by atoms with Crippen LogP contribution in [0.1, 0.15) is 17.2 Å². The highest BCUT2D eigenvalue weighted by atomic mass is 35.7. The van der Waals surface area contributed by atoms with Crippen LogP contribution in [0, 0.1) is 0 Å². The smallest absolute Gasteiger partial charge is 0.325 e. The predicted molar refractivity (Wildman–Crippen MR) is 61.4 cm³/mol. The first kappa shape index (κ1) is 10.5. The lowest BCUT2D eigenvalue weighted by Gasteiger charge is -2.16. The maximum atomic E-state index is 9.85. The molecule has 1 N–H and O–H groups in total. The first-order valence-electron chi connectivity index (χ1n) is 4.27. The van der Waals surface area contributed by atoms with Crippen LogP contribution < -0.4 is 0 Å². The van der Waals surface area contributed by atoms with Crippen molar-refractivity contribution < 1.29 is 9.90 Å². The zero-order valence-corrected chi connectivity index (χ0v) is 9.16. The second kappa shape index (κ2) is 4.21. The van der Waals surface area contributed by atoms with Gasteiger partial charge in [-0.3, -0.25) is 0 Å². The van der Waals surface area contributed by atoms with Gasteiger partial charge in [0.1, 0.15) is 0 Å². The molecule has 0 amide bonds. The number of rotatable bonds is 1. The Bertz CT molecular complexity index is 480. The number of hydrogen-bond donors (Lipinski definition) is 1. The minimum absolute atomic E-state index is 0.205. The predicted octanol–water partition coefficient (Wildman–Crippen LogP) is 2.63. The Morgan fingerprint density at radius 1 is 1.40 bits per heavy atom. The third kappa shape index (κ3) is 1.73. The van der Waals surface area contributed by atoms with E-state index in [0.717, 1.165) is 21.4 Å². The lowest BCUT2D eigenvalue weighted by atomic mass is 9.93. The van der Waals surface area contributed by atoms with Gasteiger partial charge in [-0.15, -0.1) is 0 Å². The molecular formula is C10H7ClN2OS. The molecule has 15 heavy (non-hydrogen) atoms. The highest BCUT2D eigenvalue weighted by molar-refractivity contribution is 8.28. The van der Waals surface area contributed by atoms with Crippen LogP contribution in [0.25, 0.3) is 10.4 Å². The Morgan fingerprint density at radius 2 is 2.13 bits per heavy atom. The normalized spacial score (nSPS) is 19.2. The van der Waals surface area contributed by atoms with Gasteiger partial charge < -0.3 is 10.6 Å². The van der Waals surface area contributed by atoms with Crippen molar-refractivity contribution in [3.8, 4) is 0 Å². The van der Waals surface area contributed by atoms with Crippen molar-refractivity contribution in [2.24, 2.45) is 0 Å². The van der Waals surface area contributed by atoms with Gasteiger partial charge in [-0.05, 0) is 27.2 Å². The average Bonchev–Trinajstić information content (AvgIpc) is 2.30. The minimum Gasteiger partial charge on any atom is -0.376 e. The second-order valence-electron chi connectivity index (χ2n) is 3.10. The molecule has 1 aliphatic rings. The summed E-state index contributed by atoms with van der Waals surface area (Å²) in [5.41, 5.74) is 10.5. The molecule has 2 rings (SSSR count). The fourth-order valence-electron chi connectivity index (χ4n) is 1.56. The summed E-state index contributed by atoms with van der Waals surface area (Å²) in [6.45, 7) is 0. The molecule has 1 atom stereocenters. The zero-order chi connectivity index (χ0) is 10.8. The summed E-state index contributed by atoms with van der Waals surface area (Å²) in [6, 6.07) is 7.34. The Labute approximate surface area is 95.5 Å². The van der Waals surface area contributed by atoms with Gasteiger partial charge in [0.15, 0.2) is 6.10 Å². The molecule has 5 heteroatoms. The van der Waals surface area contributed by atoms with E-state index in [4.69, 9.17) is 16.2 Å². The fraction of sp³-hybridized carbons (Fsp3) is 0.100. The van der Waals surface area contributed by atoms with Gasteiger partial charge in [0.2, 0.25) is 0 Å². The molecule has 1 aliphatic carbocycles. The maximum Gasteiger partial charge on any atom is 0.325 e. The fourth-order valence-corrected chi connectivity index (χ4v) is 2.37. The van der Waals surface area contributed by atoms with E-state index in [1.165, 1.54) is 0 Å². The second-order valence-corrected chi connectivity index (χ2v) is 4.16. The SMILES string of the molecule is [N-]=[N+]=C1C=C(SCl)c2ccccc2C1O. The lowest BCUT2D eigenvalue weighted by Crippen LogP contribution is -2.16. The summed E-state index contributed by atoms with van der Waals surface area (Å²) in [5, 5.41) is 9.85. The summed E-state index contributed by atoms with van der Waals surface area (Å²) in [4.78, 5) is 3.81. The number of aliphatic hydroxyl groups excluding tert-OH is 1. The molecule has 0 aliphatic heterocycles. The van der Waals surface area contributed by atoms with Crippen molar-refractivity contribution in [1.82, 2.24) is 0 Å². The van der Waals surface area contributed by atoms with Crippen molar-refractivity contribution in [1.29, 1.82) is 0 Å². The Kier molecular flexibility index (Phi) is 2.93. The van der Waals surface area contributed by atoms with Crippen LogP contribution in [0.5, 0.6) is 0 Å². The highest BCUT2D eigenvalue weighted by Crippen LogP contribution is 2.38. The molecule has 1 aromatic carbocycles. The van der Waals surface area contributed by atoms with Crippen LogP contribution in [0.15, 0.2) is 30.3 Å². The molecule has 0 fully saturated rings. The maximum absolute atomic E-state index is 9.85. The summed E-state index contributed by atoms with van der Waals surface area (Å²) in [6.07, 6.45) is 0.684. The van der Waals surface area contributed by atoms with E-state index in [1.54, 1.807) is 12.1 Å². The zero-order valence-electron chi connectivity index (χ0n) is 7.59. The number of nitrogens with zero attached hydrogens (tertiary/aromatic N) is 2. The molecule has 0 spiro atoms. The molecule has 0 saturated heterocycles. The van der Waals surface area contributed by atoms with E-state index in [9.17, 15) is 5.11 Å². The summed E-state index contributed by atoms with van der Waals surface area (Å²) < 4.78 is 0. The first-order chi connectivity index (χ1) is 7.27. The molecule has 0 aromatic heterocycles. The number of hydrogen-bond acceptors (Lipinski definition) is 2. The summed E-state index contributed by atoms with van der Waals surface area (Å²) >= 11 is 0. The van der Waals surface area contributed by atoms with Crippen molar-refractivity contribution in [3.05, 3.63) is 47.0 Å². The van der Waals surface area contributed by atoms with Crippen LogP contribution in [-0.4, -0.2) is 15.6 Å². The van der Waals surface area contributed by atoms with Crippen molar-refractivity contribution in [2.45, 2.75) is 6.10 Å². The number of halogens is 1. The van der Waals surface area contributed by atoms with Crippen LogP contribution in [-0.2, 0) is 0 Å². The molecule has 1 unspecified atom stereocenters. The average molecular weight is 239 g/mol. The van der Waals surface area contributed by atoms with Crippen molar-refractivity contribution in [2.75, 3.05) is 0 Å². The summed E-state index contributed by atoms with van der Waals surface area (Å²) in [5.74, 6) is 0. The third-order valence-corrected chi connectivity index (χ3v) is 3.28. The topological polar surface area (TPSA) is 56.6 Å². The van der Waals surface area contributed by atoms with Gasteiger partial charge in [0.05, 0.1) is 0 Å². The number of aliphatic hydroxyl groups is 1. The minimum atomic E-state index is -0.890. The standard InChI is InChI=1S/C10H7ClN2OS/c11-15-9-5-8(13-12)10(14)7-4-2-1-3-6(7)9/h1-5,10,14H. The Hall–Kier alpha value is -1.06. The molecule has 0 heterocycles. The van der Waals surface area contributed by atoms with Gasteiger partial charge in [-0.1, -0.05) is 24.3 Å². The van der Waals surface area contributed by atoms with E-state index < -0.39 is 6.10 Å². The molecule has 3 nitrogen and oxygen atoms in total. The van der Waals surface area contributed by atoms with E-state index in [2.05, 4.69) is 4.79 Å². The number of fused-ring (bicyclic) bond motifs is 1. The molecule has 0 saturated carbocycles. The van der Waals surface area contributed by atoms with E-state index in [-0.39, 0.29) is 5.71 Å². The van der Waals surface area contributed by atoms with Gasteiger partial charge >= 0.3 is 5.71 Å². The molecule has 0 radical (unpaired) electrons. The largest absolute Gasteiger partial charge is 0.376 e. The number of benzene rings is 1. The summed E-state index contributed by atoms with van der Waals surface area (Å²) in [7, 11) is 6.75. The van der Waals surface area contributed by atoms with Crippen molar-refractivity contribution in [3.63, 3.8) is 0 Å². The van der Waals surface area contributed by atoms with Gasteiger partial charge in [-0.25, -0.2) is 0 Å². The van der Waals surface area contributed by atoms with E-state index >= 15 is 0 Å². The Balaban J connectivity index is 2.66.